The second kappa shape index (κ2) is 17.2. The Morgan fingerprint density at radius 2 is 1.00 bits per heavy atom. The number of ketones is 1. The van der Waals surface area contributed by atoms with Crippen molar-refractivity contribution < 1.29 is 56.9 Å². The fraction of sp³-hybridized carbons (Fsp3) is 0.303. The number of aliphatic carboxylic acids is 1. The molecule has 3 aromatic rings. The lowest BCUT2D eigenvalue weighted by Crippen LogP contribution is -2.21. The quantitative estimate of drug-likeness (QED) is 0.108. The van der Waals surface area contributed by atoms with Gasteiger partial charge in [-0.25, -0.2) is 0 Å². The molecule has 0 aliphatic heterocycles. The number of hydrogen-bond acceptors (Lipinski definition) is 11. The first-order chi connectivity index (χ1) is 21.8. The van der Waals surface area contributed by atoms with Crippen LogP contribution in [0.2, 0.25) is 0 Å². The third-order valence-corrected chi connectivity index (χ3v) is 8.31. The minimum Gasteiger partial charge on any atom is -0.481 e. The molecule has 0 aromatic heterocycles. The molecule has 1 unspecified atom stereocenters. The summed E-state index contributed by atoms with van der Waals surface area (Å²) in [6.07, 6.45) is -0.670. The zero-order valence-corrected chi connectivity index (χ0v) is 26.5. The van der Waals surface area contributed by atoms with Crippen LogP contribution in [0.15, 0.2) is 72.8 Å². The van der Waals surface area contributed by atoms with Gasteiger partial charge in [-0.15, -0.1) is 0 Å². The Morgan fingerprint density at radius 3 is 1.35 bits per heavy atom. The number of hydrogen-bond donors (Lipinski definition) is 1. The van der Waals surface area contributed by atoms with Crippen LogP contribution < -0.4 is 14.2 Å². The van der Waals surface area contributed by atoms with E-state index in [2.05, 4.69) is 0 Å². The first kappa shape index (κ1) is 35.8. The van der Waals surface area contributed by atoms with Crippen LogP contribution in [0, 0.1) is 5.92 Å². The summed E-state index contributed by atoms with van der Waals surface area (Å²) < 4.78 is 40.4. The molecule has 0 saturated carbocycles. The topological polar surface area (TPSA) is 169 Å². The van der Waals surface area contributed by atoms with E-state index in [4.69, 9.17) is 23.3 Å². The van der Waals surface area contributed by atoms with Crippen molar-refractivity contribution in [2.45, 2.75) is 53.2 Å². The summed E-state index contributed by atoms with van der Waals surface area (Å²) in [4.78, 5) is 58.4. The van der Waals surface area contributed by atoms with Crippen LogP contribution in [-0.2, 0) is 57.2 Å². The maximum atomic E-state index is 14.0. The highest BCUT2D eigenvalue weighted by Gasteiger charge is 2.33. The van der Waals surface area contributed by atoms with E-state index in [1.165, 1.54) is 45.0 Å². The third kappa shape index (κ3) is 12.8. The van der Waals surface area contributed by atoms with E-state index in [0.717, 1.165) is 0 Å². The molecular weight excluding hydrogens is 619 g/mol. The van der Waals surface area contributed by atoms with Crippen molar-refractivity contribution in [2.75, 3.05) is 6.16 Å². The number of benzene rings is 3. The van der Waals surface area contributed by atoms with Crippen molar-refractivity contribution in [2.24, 2.45) is 5.92 Å². The lowest BCUT2D eigenvalue weighted by molar-refractivity contribution is -0.141. The van der Waals surface area contributed by atoms with E-state index in [1.54, 1.807) is 48.5 Å². The van der Waals surface area contributed by atoms with E-state index in [0.29, 0.717) is 33.9 Å². The number of ether oxygens (including phenoxy) is 3. The lowest BCUT2D eigenvalue weighted by Gasteiger charge is -2.22. The monoisotopic (exact) mass is 654 g/mol. The Morgan fingerprint density at radius 1 is 0.630 bits per heavy atom. The summed E-state index contributed by atoms with van der Waals surface area (Å²) >= 11 is 0. The maximum Gasteiger partial charge on any atom is 0.332 e. The van der Waals surface area contributed by atoms with Crippen LogP contribution in [0.4, 0.5) is 0 Å². The Kier molecular flexibility index (Phi) is 13.4. The highest BCUT2D eigenvalue weighted by molar-refractivity contribution is 7.53. The van der Waals surface area contributed by atoms with E-state index in [-0.39, 0.29) is 38.3 Å². The zero-order valence-electron chi connectivity index (χ0n) is 25.6. The summed E-state index contributed by atoms with van der Waals surface area (Å²) in [5.74, 6) is -3.21. The molecule has 1 N–H and O–H groups in total. The van der Waals surface area contributed by atoms with Crippen LogP contribution in [0.3, 0.4) is 0 Å². The number of carbonyl (C=O) groups is 5. The first-order valence-electron chi connectivity index (χ1n) is 14.2. The molecule has 0 aliphatic rings. The Hall–Kier alpha value is -4.64. The molecule has 13 heteroatoms. The van der Waals surface area contributed by atoms with Crippen LogP contribution in [-0.4, -0.2) is 40.9 Å². The highest BCUT2D eigenvalue weighted by atomic mass is 31.2. The van der Waals surface area contributed by atoms with Gasteiger partial charge in [0, 0.05) is 33.6 Å². The highest BCUT2D eigenvalue weighted by Crippen LogP contribution is 2.52. The Balaban J connectivity index is 1.69. The summed E-state index contributed by atoms with van der Waals surface area (Å²) in [6, 6.07) is 18.9. The second-order valence-electron chi connectivity index (χ2n) is 10.3. The molecule has 0 spiro atoms. The van der Waals surface area contributed by atoms with Gasteiger partial charge in [0.05, 0.1) is 25.3 Å². The maximum absolute atomic E-state index is 14.0. The average Bonchev–Trinajstić information content (AvgIpc) is 2.99. The molecule has 1 atom stereocenters. The number of esters is 3. The third-order valence-electron chi connectivity index (χ3n) is 6.38. The SMILES string of the molecule is CC(=O)Oc1ccc(COP(=O)(CC(CCC(=O)Cc2ccc(OC(C)=O)cc2)C(=O)O)OCc2ccc(OC(C)=O)cc2)cc1. The average molecular weight is 655 g/mol. The van der Waals surface area contributed by atoms with Gasteiger partial charge in [0.1, 0.15) is 23.0 Å². The number of carbonyl (C=O) groups excluding carboxylic acids is 4. The van der Waals surface area contributed by atoms with Gasteiger partial charge in [-0.1, -0.05) is 36.4 Å². The first-order valence-corrected chi connectivity index (χ1v) is 16.0. The van der Waals surface area contributed by atoms with Gasteiger partial charge in [0.25, 0.3) is 0 Å². The van der Waals surface area contributed by atoms with E-state index >= 15 is 0 Å². The number of carboxylic acids is 1. The van der Waals surface area contributed by atoms with E-state index < -0.39 is 43.6 Å². The van der Waals surface area contributed by atoms with Gasteiger partial charge in [0.2, 0.25) is 0 Å². The van der Waals surface area contributed by atoms with Crippen molar-refractivity contribution in [3.8, 4) is 17.2 Å². The van der Waals surface area contributed by atoms with Crippen molar-refractivity contribution >= 4 is 37.3 Å². The van der Waals surface area contributed by atoms with Crippen LogP contribution in [0.5, 0.6) is 17.2 Å². The Bertz CT molecular complexity index is 1500. The van der Waals surface area contributed by atoms with Crippen LogP contribution in [0.1, 0.15) is 50.3 Å². The molecule has 0 bridgehead atoms. The van der Waals surface area contributed by atoms with Crippen molar-refractivity contribution in [1.82, 2.24) is 0 Å². The van der Waals surface area contributed by atoms with Crippen LogP contribution >= 0.6 is 7.60 Å². The number of rotatable bonds is 17. The molecule has 12 nitrogen and oxygen atoms in total. The van der Waals surface area contributed by atoms with E-state index in [1.807, 2.05) is 0 Å². The molecule has 0 amide bonds. The second-order valence-corrected chi connectivity index (χ2v) is 12.4. The van der Waals surface area contributed by atoms with Crippen molar-refractivity contribution in [3.63, 3.8) is 0 Å². The molecule has 46 heavy (non-hydrogen) atoms. The van der Waals surface area contributed by atoms with Gasteiger partial charge in [-0.2, -0.15) is 0 Å². The standard InChI is InChI=1S/C33H35O12P/c1-22(34)43-30-12-4-25(5-13-30)18-29(37)11-10-28(33(38)39)21-46(40,41-19-26-6-14-31(15-7-26)44-23(2)35)42-20-27-8-16-32(17-9-27)45-24(3)36/h4-9,12-17,28H,10-11,18-21H2,1-3H3,(H,38,39). The van der Waals surface area contributed by atoms with Gasteiger partial charge >= 0.3 is 31.5 Å². The van der Waals surface area contributed by atoms with Gasteiger partial charge < -0.3 is 28.4 Å². The number of carboxylic acid groups (broad SMARTS) is 1. The van der Waals surface area contributed by atoms with Gasteiger partial charge in [0.15, 0.2) is 0 Å². The predicted octanol–water partition coefficient (Wildman–Crippen LogP) is 5.68. The molecule has 3 rings (SSSR count). The minimum absolute atomic E-state index is 0.0318. The molecule has 0 radical (unpaired) electrons. The van der Waals surface area contributed by atoms with Crippen molar-refractivity contribution in [3.05, 3.63) is 89.5 Å². The Labute approximate surface area is 266 Å². The summed E-state index contributed by atoms with van der Waals surface area (Å²) in [6.45, 7) is 3.42. The summed E-state index contributed by atoms with van der Waals surface area (Å²) in [7, 11) is -4.08. The zero-order chi connectivity index (χ0) is 33.7. The van der Waals surface area contributed by atoms with Crippen molar-refractivity contribution in [1.29, 1.82) is 0 Å². The predicted molar refractivity (Wildman–Crippen MR) is 164 cm³/mol. The molecule has 244 valence electrons. The fourth-order valence-corrected chi connectivity index (χ4v) is 6.04. The summed E-state index contributed by atoms with van der Waals surface area (Å²) in [5.41, 5.74) is 1.78. The molecule has 0 fully saturated rings. The number of Topliss-reactive ketones (excluding diaryl/α,β-unsaturated/α-hetero) is 1. The molecular formula is C33H35O12P. The largest absolute Gasteiger partial charge is 0.481 e. The van der Waals surface area contributed by atoms with Crippen LogP contribution in [0.25, 0.3) is 0 Å². The molecule has 3 aromatic carbocycles. The fourth-order valence-electron chi connectivity index (χ4n) is 4.18. The summed E-state index contributed by atoms with van der Waals surface area (Å²) in [5, 5.41) is 9.95. The lowest BCUT2D eigenvalue weighted by atomic mass is 10.00. The van der Waals surface area contributed by atoms with Gasteiger partial charge in [-0.3, -0.25) is 28.5 Å². The molecule has 0 saturated heterocycles. The smallest absolute Gasteiger partial charge is 0.332 e. The van der Waals surface area contributed by atoms with Gasteiger partial charge in [-0.05, 0) is 59.5 Å². The molecule has 0 aliphatic carbocycles. The van der Waals surface area contributed by atoms with E-state index in [9.17, 15) is 33.6 Å². The minimum atomic E-state index is -4.08. The molecule has 0 heterocycles. The normalized spacial score (nSPS) is 11.7.